The maximum absolute atomic E-state index is 12.3. The van der Waals surface area contributed by atoms with Gasteiger partial charge in [-0.15, -0.1) is 13.2 Å². The smallest absolute Gasteiger partial charge is 0.467 e. The lowest BCUT2D eigenvalue weighted by Gasteiger charge is -2.21. The summed E-state index contributed by atoms with van der Waals surface area (Å²) in [5.41, 5.74) is 1.67. The Hall–Kier alpha value is -2.74. The van der Waals surface area contributed by atoms with Crippen LogP contribution in [0.25, 0.3) is 0 Å². The molecule has 3 rings (SSSR count). The summed E-state index contributed by atoms with van der Waals surface area (Å²) >= 11 is 6.20. The average Bonchev–Trinajstić information content (AvgIpc) is 3.06. The number of alkyl halides is 3. The number of halogens is 4. The lowest BCUT2D eigenvalue weighted by Crippen LogP contribution is -2.35. The second kappa shape index (κ2) is 7.48. The summed E-state index contributed by atoms with van der Waals surface area (Å²) in [7, 11) is 1.26. The van der Waals surface area contributed by atoms with E-state index in [9.17, 15) is 18.0 Å². The lowest BCUT2D eigenvalue weighted by molar-refractivity contribution is -0.274. The zero-order chi connectivity index (χ0) is 19.6. The van der Waals surface area contributed by atoms with Gasteiger partial charge >= 0.3 is 12.3 Å². The van der Waals surface area contributed by atoms with Gasteiger partial charge in [0.15, 0.2) is 6.04 Å². The Morgan fingerprint density at radius 3 is 2.44 bits per heavy atom. The maximum Gasteiger partial charge on any atom is 0.573 e. The fourth-order valence-corrected chi connectivity index (χ4v) is 2.97. The van der Waals surface area contributed by atoms with E-state index in [0.29, 0.717) is 22.0 Å². The number of hydrazone groups is 1. The molecule has 0 bridgehead atoms. The Morgan fingerprint density at radius 1 is 1.19 bits per heavy atom. The Kier molecular flexibility index (Phi) is 5.27. The number of ether oxygens (including phenoxy) is 2. The van der Waals surface area contributed by atoms with E-state index >= 15 is 0 Å². The van der Waals surface area contributed by atoms with Crippen LogP contribution in [0, 0.1) is 0 Å². The Labute approximate surface area is 157 Å². The van der Waals surface area contributed by atoms with Crippen molar-refractivity contribution in [2.45, 2.75) is 18.8 Å². The normalized spacial score (nSPS) is 16.9. The van der Waals surface area contributed by atoms with Crippen molar-refractivity contribution in [1.29, 1.82) is 0 Å². The zero-order valence-corrected chi connectivity index (χ0v) is 14.8. The highest BCUT2D eigenvalue weighted by atomic mass is 35.5. The summed E-state index contributed by atoms with van der Waals surface area (Å²) in [5, 5.41) is 6.33. The second-order valence-corrected chi connectivity index (χ2v) is 6.06. The molecule has 1 aliphatic heterocycles. The van der Waals surface area contributed by atoms with E-state index < -0.39 is 18.4 Å². The Morgan fingerprint density at radius 2 is 1.85 bits per heavy atom. The van der Waals surface area contributed by atoms with E-state index in [1.54, 1.807) is 24.3 Å². The molecule has 1 unspecified atom stereocenters. The van der Waals surface area contributed by atoms with Gasteiger partial charge in [0.25, 0.3) is 0 Å². The first kappa shape index (κ1) is 19.0. The van der Waals surface area contributed by atoms with Crippen molar-refractivity contribution in [1.82, 2.24) is 0 Å². The van der Waals surface area contributed by atoms with E-state index in [0.717, 1.165) is 12.1 Å². The van der Waals surface area contributed by atoms with Gasteiger partial charge in [-0.1, -0.05) is 29.8 Å². The van der Waals surface area contributed by atoms with Crippen LogP contribution in [-0.2, 0) is 9.53 Å². The summed E-state index contributed by atoms with van der Waals surface area (Å²) in [4.78, 5) is 12.2. The zero-order valence-electron chi connectivity index (χ0n) is 14.0. The third kappa shape index (κ3) is 4.33. The van der Waals surface area contributed by atoms with E-state index in [1.165, 1.54) is 24.3 Å². The summed E-state index contributed by atoms with van der Waals surface area (Å²) in [6.45, 7) is 0. The number of rotatable bonds is 4. The van der Waals surface area contributed by atoms with Crippen molar-refractivity contribution in [3.05, 3.63) is 59.1 Å². The van der Waals surface area contributed by atoms with Gasteiger partial charge in [-0.3, -0.25) is 5.01 Å². The molecule has 9 heteroatoms. The van der Waals surface area contributed by atoms with Crippen LogP contribution in [0.15, 0.2) is 53.6 Å². The van der Waals surface area contributed by atoms with Crippen LogP contribution in [0.4, 0.5) is 18.9 Å². The molecular weight excluding hydrogens is 385 g/mol. The van der Waals surface area contributed by atoms with Crippen LogP contribution >= 0.6 is 11.6 Å². The van der Waals surface area contributed by atoms with Crippen LogP contribution < -0.4 is 9.75 Å². The molecule has 0 radical (unpaired) electrons. The molecule has 0 N–H and O–H groups in total. The predicted octanol–water partition coefficient (Wildman–Crippen LogP) is 4.39. The van der Waals surface area contributed by atoms with Crippen molar-refractivity contribution in [2.24, 2.45) is 5.10 Å². The van der Waals surface area contributed by atoms with Crippen LogP contribution in [0.1, 0.15) is 12.0 Å². The molecular formula is C18H14ClF3N2O3. The second-order valence-electron chi connectivity index (χ2n) is 5.66. The minimum atomic E-state index is -4.78. The molecule has 0 fully saturated rings. The molecule has 0 aromatic heterocycles. The number of anilines is 1. The average molecular weight is 399 g/mol. The topological polar surface area (TPSA) is 51.1 Å². The number of hydrogen-bond acceptors (Lipinski definition) is 5. The van der Waals surface area contributed by atoms with Crippen LogP contribution in [0.5, 0.6) is 5.75 Å². The highest BCUT2D eigenvalue weighted by Gasteiger charge is 2.36. The summed E-state index contributed by atoms with van der Waals surface area (Å²) in [5.74, 6) is -0.883. The van der Waals surface area contributed by atoms with Crippen LogP contribution in [-0.4, -0.2) is 31.2 Å². The molecule has 1 heterocycles. The molecule has 5 nitrogen and oxygen atoms in total. The van der Waals surface area contributed by atoms with Gasteiger partial charge in [0.2, 0.25) is 0 Å². The number of esters is 1. The number of carbonyl (C=O) groups excluding carboxylic acids is 1. The summed E-state index contributed by atoms with van der Waals surface area (Å²) in [6.07, 6.45) is -4.53. The molecule has 2 aromatic rings. The quantitative estimate of drug-likeness (QED) is 0.716. The van der Waals surface area contributed by atoms with Crippen LogP contribution in [0.3, 0.4) is 0 Å². The van der Waals surface area contributed by atoms with Crippen molar-refractivity contribution >= 4 is 29.0 Å². The van der Waals surface area contributed by atoms with Gasteiger partial charge in [0, 0.05) is 17.0 Å². The minimum Gasteiger partial charge on any atom is -0.467 e. The number of methoxy groups -OCH3 is 1. The third-order valence-electron chi connectivity index (χ3n) is 3.90. The van der Waals surface area contributed by atoms with E-state index in [-0.39, 0.29) is 12.2 Å². The van der Waals surface area contributed by atoms with Crippen molar-refractivity contribution in [3.8, 4) is 5.75 Å². The molecule has 2 aromatic carbocycles. The van der Waals surface area contributed by atoms with Crippen molar-refractivity contribution in [3.63, 3.8) is 0 Å². The number of hydrogen-bond donors (Lipinski definition) is 0. The van der Waals surface area contributed by atoms with Gasteiger partial charge in [0.1, 0.15) is 5.75 Å². The summed E-state index contributed by atoms with van der Waals surface area (Å²) in [6, 6.07) is 11.4. The first-order chi connectivity index (χ1) is 12.8. The molecule has 1 atom stereocenters. The largest absolute Gasteiger partial charge is 0.573 e. The number of nitrogens with zero attached hydrogens (tertiary/aromatic N) is 2. The number of benzene rings is 2. The fraction of sp³-hybridized carbons (Fsp3) is 0.222. The molecule has 0 saturated heterocycles. The summed E-state index contributed by atoms with van der Waals surface area (Å²) < 4.78 is 45.6. The molecule has 0 saturated carbocycles. The third-order valence-corrected chi connectivity index (χ3v) is 4.23. The molecule has 1 aliphatic rings. The molecule has 0 spiro atoms. The SMILES string of the molecule is COC(=O)C1CC(c2ccccc2Cl)=NN1c1ccc(OC(F)(F)F)cc1. The van der Waals surface area contributed by atoms with Gasteiger partial charge in [-0.25, -0.2) is 4.79 Å². The highest BCUT2D eigenvalue weighted by Crippen LogP contribution is 2.31. The van der Waals surface area contributed by atoms with Crippen LogP contribution in [0.2, 0.25) is 5.02 Å². The van der Waals surface area contributed by atoms with Crippen molar-refractivity contribution in [2.75, 3.05) is 12.1 Å². The molecule has 0 amide bonds. The van der Waals surface area contributed by atoms with Gasteiger partial charge in [0.05, 0.1) is 18.5 Å². The predicted molar refractivity (Wildman–Crippen MR) is 94.0 cm³/mol. The first-order valence-electron chi connectivity index (χ1n) is 7.84. The monoisotopic (exact) mass is 398 g/mol. The van der Waals surface area contributed by atoms with E-state index in [2.05, 4.69) is 9.84 Å². The van der Waals surface area contributed by atoms with E-state index in [1.807, 2.05) is 0 Å². The maximum atomic E-state index is 12.3. The Balaban J connectivity index is 1.92. The fourth-order valence-electron chi connectivity index (χ4n) is 2.73. The van der Waals surface area contributed by atoms with Gasteiger partial charge in [-0.05, 0) is 30.3 Å². The Bertz CT molecular complexity index is 869. The lowest BCUT2D eigenvalue weighted by atomic mass is 10.0. The van der Waals surface area contributed by atoms with Gasteiger partial charge in [-0.2, -0.15) is 5.10 Å². The highest BCUT2D eigenvalue weighted by molar-refractivity contribution is 6.34. The van der Waals surface area contributed by atoms with E-state index in [4.69, 9.17) is 16.3 Å². The number of carbonyl (C=O) groups is 1. The van der Waals surface area contributed by atoms with Crippen molar-refractivity contribution < 1.29 is 27.4 Å². The minimum absolute atomic E-state index is 0.247. The molecule has 27 heavy (non-hydrogen) atoms. The standard InChI is InChI=1S/C18H14ClF3N2O3/c1-26-17(25)16-10-15(13-4-2-3-5-14(13)19)23-24(16)11-6-8-12(9-7-11)27-18(20,21)22/h2-9,16H,10H2,1H3. The molecule has 142 valence electrons. The molecule has 0 aliphatic carbocycles. The first-order valence-corrected chi connectivity index (χ1v) is 8.21. The van der Waals surface area contributed by atoms with Gasteiger partial charge < -0.3 is 9.47 Å².